The van der Waals surface area contributed by atoms with Gasteiger partial charge in [0.25, 0.3) is 0 Å². The van der Waals surface area contributed by atoms with Crippen molar-refractivity contribution in [3.8, 4) is 0 Å². The largest absolute Gasteiger partial charge is 0.488 e. The van der Waals surface area contributed by atoms with Gasteiger partial charge in [0.2, 0.25) is 5.95 Å². The number of hydrogen-bond acceptors (Lipinski definition) is 6. The molecule has 0 saturated carbocycles. The molecule has 1 unspecified atom stereocenters. The van der Waals surface area contributed by atoms with Gasteiger partial charge in [-0.3, -0.25) is 0 Å². The smallest absolute Gasteiger partial charge is 0.423 e. The van der Waals surface area contributed by atoms with E-state index in [1.807, 2.05) is 36.9 Å². The lowest BCUT2D eigenvalue weighted by molar-refractivity contribution is 0.425. The molecule has 1 aliphatic heterocycles. The van der Waals surface area contributed by atoms with Gasteiger partial charge in [0, 0.05) is 29.5 Å². The summed E-state index contributed by atoms with van der Waals surface area (Å²) in [4.78, 5) is 11.5. The van der Waals surface area contributed by atoms with E-state index in [1.165, 1.54) is 12.1 Å². The third-order valence-electron chi connectivity index (χ3n) is 5.61. The van der Waals surface area contributed by atoms with Gasteiger partial charge in [-0.25, -0.2) is 9.37 Å². The average molecular weight is 406 g/mol. The van der Waals surface area contributed by atoms with Crippen molar-refractivity contribution in [2.45, 2.75) is 39.8 Å². The second-order valence-corrected chi connectivity index (χ2v) is 7.71. The fraction of sp³-hybridized carbons (Fsp3) is 0.273. The topological polar surface area (TPSA) is 81.5 Å². The van der Waals surface area contributed by atoms with Crippen LogP contribution in [0.1, 0.15) is 29.3 Å². The fourth-order valence-electron chi connectivity index (χ4n) is 3.94. The zero-order valence-electron chi connectivity index (χ0n) is 17.2. The Morgan fingerprint density at radius 3 is 2.67 bits per heavy atom. The van der Waals surface area contributed by atoms with E-state index in [-0.39, 0.29) is 11.9 Å². The monoisotopic (exact) mass is 406 g/mol. The lowest BCUT2D eigenvalue weighted by atomic mass is 9.76. The molecule has 3 aromatic rings. The van der Waals surface area contributed by atoms with E-state index < -0.39 is 7.12 Å². The molecule has 0 aliphatic carbocycles. The number of nitrogens with one attached hydrogen (secondary N) is 1. The van der Waals surface area contributed by atoms with Gasteiger partial charge < -0.3 is 20.3 Å². The summed E-state index contributed by atoms with van der Waals surface area (Å²) in [5.41, 5.74) is 4.90. The Labute approximate surface area is 175 Å². The first kappa shape index (κ1) is 20.3. The quantitative estimate of drug-likeness (QED) is 0.566. The van der Waals surface area contributed by atoms with Crippen LogP contribution in [0.3, 0.4) is 0 Å². The molecule has 2 aromatic carbocycles. The number of benzene rings is 2. The molecule has 1 aromatic heterocycles. The molecule has 30 heavy (non-hydrogen) atoms. The summed E-state index contributed by atoms with van der Waals surface area (Å²) in [6, 6.07) is 12.0. The summed E-state index contributed by atoms with van der Waals surface area (Å²) in [5, 5.41) is 22.7. The molecule has 0 bridgehead atoms. The van der Waals surface area contributed by atoms with E-state index in [0.29, 0.717) is 30.2 Å². The van der Waals surface area contributed by atoms with Crippen molar-refractivity contribution < 1.29 is 14.4 Å². The molecule has 154 valence electrons. The van der Waals surface area contributed by atoms with E-state index >= 15 is 0 Å². The van der Waals surface area contributed by atoms with Crippen LogP contribution in [0.2, 0.25) is 0 Å². The van der Waals surface area contributed by atoms with Crippen LogP contribution in [0.15, 0.2) is 42.5 Å². The van der Waals surface area contributed by atoms with Crippen molar-refractivity contribution in [3.63, 3.8) is 0 Å². The molecule has 8 heteroatoms. The Kier molecular flexibility index (Phi) is 5.45. The van der Waals surface area contributed by atoms with Gasteiger partial charge in [-0.15, -0.1) is 0 Å². The van der Waals surface area contributed by atoms with E-state index in [4.69, 9.17) is 9.97 Å². The molecule has 0 spiro atoms. The Hall–Kier alpha value is -2.97. The number of halogens is 1. The summed E-state index contributed by atoms with van der Waals surface area (Å²) < 4.78 is 13.5. The molecule has 4 rings (SSSR count). The second-order valence-electron chi connectivity index (χ2n) is 7.71. The second kappa shape index (κ2) is 8.05. The lowest BCUT2D eigenvalue weighted by Crippen LogP contribution is -2.32. The van der Waals surface area contributed by atoms with Gasteiger partial charge in [0.1, 0.15) is 11.6 Å². The van der Waals surface area contributed by atoms with Gasteiger partial charge >= 0.3 is 7.12 Å². The molecule has 1 atom stereocenters. The predicted molar refractivity (Wildman–Crippen MR) is 117 cm³/mol. The number of nitrogens with zero attached hydrogens (tertiary/aromatic N) is 3. The summed E-state index contributed by atoms with van der Waals surface area (Å²) in [7, 11) is -1.52. The van der Waals surface area contributed by atoms with Crippen LogP contribution in [0.25, 0.3) is 0 Å². The standard InChI is InChI=1S/C22H24BFN4O2/c1-13-10-18-19(23(29)30)8-5-9-20(18)28(13)22-26-15(3)14(2)21(27-22)25-12-16-6-4-7-17(24)11-16/h4-9,11,13,29-30H,10,12H2,1-3H3,(H,25,26,27). The minimum absolute atomic E-state index is 0.0677. The fourth-order valence-corrected chi connectivity index (χ4v) is 3.94. The molecule has 2 heterocycles. The third kappa shape index (κ3) is 3.76. The normalized spacial score (nSPS) is 15.3. The number of rotatable bonds is 5. The summed E-state index contributed by atoms with van der Waals surface area (Å²) in [5.74, 6) is 0.978. The molecule has 0 radical (unpaired) electrons. The molecule has 6 nitrogen and oxygen atoms in total. The Morgan fingerprint density at radius 1 is 1.17 bits per heavy atom. The summed E-state index contributed by atoms with van der Waals surface area (Å²) >= 11 is 0. The van der Waals surface area contributed by atoms with Crippen molar-refractivity contribution in [1.29, 1.82) is 0 Å². The van der Waals surface area contributed by atoms with Crippen molar-refractivity contribution in [3.05, 3.63) is 70.7 Å². The first-order valence-corrected chi connectivity index (χ1v) is 9.96. The number of aryl methyl sites for hydroxylation is 1. The molecule has 1 aliphatic rings. The summed E-state index contributed by atoms with van der Waals surface area (Å²) in [6.07, 6.45) is 0.672. The van der Waals surface area contributed by atoms with Gasteiger partial charge in [-0.1, -0.05) is 24.3 Å². The first-order valence-electron chi connectivity index (χ1n) is 9.96. The highest BCUT2D eigenvalue weighted by Gasteiger charge is 2.33. The van der Waals surface area contributed by atoms with E-state index in [1.54, 1.807) is 12.1 Å². The molecule has 0 fully saturated rings. The molecular formula is C22H24BFN4O2. The van der Waals surface area contributed by atoms with E-state index in [9.17, 15) is 14.4 Å². The predicted octanol–water partition coefficient (Wildman–Crippen LogP) is 2.61. The van der Waals surface area contributed by atoms with Crippen LogP contribution in [-0.4, -0.2) is 33.2 Å². The van der Waals surface area contributed by atoms with Gasteiger partial charge in [-0.05, 0) is 62.0 Å². The third-order valence-corrected chi connectivity index (χ3v) is 5.61. The highest BCUT2D eigenvalue weighted by molar-refractivity contribution is 6.59. The highest BCUT2D eigenvalue weighted by Crippen LogP contribution is 2.36. The molecule has 0 saturated heterocycles. The van der Waals surface area contributed by atoms with Gasteiger partial charge in [0.05, 0.1) is 0 Å². The van der Waals surface area contributed by atoms with Crippen LogP contribution in [-0.2, 0) is 13.0 Å². The van der Waals surface area contributed by atoms with Crippen molar-refractivity contribution in [2.75, 3.05) is 10.2 Å². The Balaban J connectivity index is 1.68. The van der Waals surface area contributed by atoms with Crippen LogP contribution in [0, 0.1) is 19.7 Å². The number of fused-ring (bicyclic) bond motifs is 1. The van der Waals surface area contributed by atoms with Crippen LogP contribution >= 0.6 is 0 Å². The average Bonchev–Trinajstić information content (AvgIpc) is 3.04. The van der Waals surface area contributed by atoms with E-state index in [2.05, 4.69) is 12.2 Å². The van der Waals surface area contributed by atoms with Crippen molar-refractivity contribution in [1.82, 2.24) is 9.97 Å². The Bertz CT molecular complexity index is 1090. The zero-order chi connectivity index (χ0) is 21.4. The van der Waals surface area contributed by atoms with Gasteiger partial charge in [-0.2, -0.15) is 4.98 Å². The first-order chi connectivity index (χ1) is 14.3. The minimum atomic E-state index is -1.52. The number of hydrogen-bond donors (Lipinski definition) is 3. The maximum Gasteiger partial charge on any atom is 0.488 e. The minimum Gasteiger partial charge on any atom is -0.423 e. The number of aromatic nitrogens is 2. The maximum absolute atomic E-state index is 13.5. The highest BCUT2D eigenvalue weighted by atomic mass is 19.1. The molecule has 0 amide bonds. The van der Waals surface area contributed by atoms with Crippen LogP contribution < -0.4 is 15.7 Å². The Morgan fingerprint density at radius 2 is 1.93 bits per heavy atom. The lowest BCUT2D eigenvalue weighted by Gasteiger charge is -2.24. The van der Waals surface area contributed by atoms with E-state index in [0.717, 1.165) is 28.1 Å². The SMILES string of the molecule is Cc1nc(N2c3cccc(B(O)O)c3CC2C)nc(NCc2cccc(F)c2)c1C. The van der Waals surface area contributed by atoms with Crippen LogP contribution in [0.5, 0.6) is 0 Å². The van der Waals surface area contributed by atoms with Crippen LogP contribution in [0.4, 0.5) is 21.8 Å². The molecule has 3 N–H and O–H groups in total. The maximum atomic E-state index is 13.5. The number of anilines is 3. The van der Waals surface area contributed by atoms with Crippen molar-refractivity contribution in [2.24, 2.45) is 0 Å². The zero-order valence-corrected chi connectivity index (χ0v) is 17.2. The van der Waals surface area contributed by atoms with Crippen molar-refractivity contribution >= 4 is 30.0 Å². The van der Waals surface area contributed by atoms with Gasteiger partial charge in [0.15, 0.2) is 0 Å². The molecular weight excluding hydrogens is 382 g/mol. The summed E-state index contributed by atoms with van der Waals surface area (Å²) in [6.45, 7) is 6.39.